The molecule has 2 saturated heterocycles. The van der Waals surface area contributed by atoms with Crippen LogP contribution in [0.1, 0.15) is 45.1 Å². The van der Waals surface area contributed by atoms with Gasteiger partial charge >= 0.3 is 6.03 Å². The van der Waals surface area contributed by atoms with Crippen LogP contribution in [0.5, 0.6) is 0 Å². The smallest absolute Gasteiger partial charge is 0.315 e. The van der Waals surface area contributed by atoms with E-state index in [4.69, 9.17) is 4.74 Å². The van der Waals surface area contributed by atoms with E-state index in [1.165, 1.54) is 25.9 Å². The highest BCUT2D eigenvalue weighted by molar-refractivity contribution is 5.73. The number of nitrogens with zero attached hydrogens (tertiary/aromatic N) is 3. The Labute approximate surface area is 175 Å². The first-order valence-electron chi connectivity index (χ1n) is 11.2. The first kappa shape index (κ1) is 21.8. The van der Waals surface area contributed by atoms with Gasteiger partial charge in [0.2, 0.25) is 0 Å². The standard InChI is InChI=1S/C22H37N5O2/c1-18-7-11-26(12-8-18)10-4-3-9-23-22(28)25-16-20-5-6-21(24-15-20)27-13-14-29-19(2)17-27/h5-6,15,18-19H,3-4,7-14,16-17H2,1-2H3,(H2,23,25,28). The third-order valence-electron chi connectivity index (χ3n) is 5.89. The van der Waals surface area contributed by atoms with Crippen molar-refractivity contribution in [3.8, 4) is 0 Å². The van der Waals surface area contributed by atoms with Gasteiger partial charge in [0.05, 0.1) is 12.7 Å². The van der Waals surface area contributed by atoms with Crippen molar-refractivity contribution in [1.29, 1.82) is 0 Å². The van der Waals surface area contributed by atoms with Crippen LogP contribution in [0.15, 0.2) is 18.3 Å². The van der Waals surface area contributed by atoms with E-state index in [-0.39, 0.29) is 12.1 Å². The number of morpholine rings is 1. The molecule has 0 radical (unpaired) electrons. The van der Waals surface area contributed by atoms with Crippen molar-refractivity contribution in [2.45, 2.75) is 52.2 Å². The van der Waals surface area contributed by atoms with Gasteiger partial charge in [-0.1, -0.05) is 13.0 Å². The lowest BCUT2D eigenvalue weighted by Crippen LogP contribution is -2.41. The number of likely N-dealkylation sites (tertiary alicyclic amines) is 1. The van der Waals surface area contributed by atoms with Crippen molar-refractivity contribution in [3.05, 3.63) is 23.9 Å². The van der Waals surface area contributed by atoms with Crippen LogP contribution < -0.4 is 15.5 Å². The van der Waals surface area contributed by atoms with Gasteiger partial charge in [-0.15, -0.1) is 0 Å². The van der Waals surface area contributed by atoms with Crippen molar-refractivity contribution in [3.63, 3.8) is 0 Å². The van der Waals surface area contributed by atoms with Crippen LogP contribution in [0.3, 0.4) is 0 Å². The highest BCUT2D eigenvalue weighted by Gasteiger charge is 2.18. The SMILES string of the molecule is CC1CCN(CCCCNC(=O)NCc2ccc(N3CCOC(C)C3)nc2)CC1. The zero-order valence-corrected chi connectivity index (χ0v) is 18.0. The molecule has 3 heterocycles. The number of nitrogens with one attached hydrogen (secondary N) is 2. The largest absolute Gasteiger partial charge is 0.375 e. The highest BCUT2D eigenvalue weighted by Crippen LogP contribution is 2.16. The van der Waals surface area contributed by atoms with E-state index in [9.17, 15) is 4.79 Å². The van der Waals surface area contributed by atoms with Crippen LogP contribution in [0.4, 0.5) is 10.6 Å². The summed E-state index contributed by atoms with van der Waals surface area (Å²) < 4.78 is 5.57. The molecule has 162 valence electrons. The molecule has 0 aliphatic carbocycles. The Morgan fingerprint density at radius 2 is 2.00 bits per heavy atom. The van der Waals surface area contributed by atoms with Gasteiger partial charge in [-0.25, -0.2) is 9.78 Å². The molecular formula is C22H37N5O2. The van der Waals surface area contributed by atoms with Crippen LogP contribution in [0.2, 0.25) is 0 Å². The molecule has 1 atom stereocenters. The van der Waals surface area contributed by atoms with E-state index < -0.39 is 0 Å². The number of piperidine rings is 1. The van der Waals surface area contributed by atoms with Crippen molar-refractivity contribution < 1.29 is 9.53 Å². The number of anilines is 1. The summed E-state index contributed by atoms with van der Waals surface area (Å²) in [5.74, 6) is 1.85. The van der Waals surface area contributed by atoms with Crippen LogP contribution >= 0.6 is 0 Å². The summed E-state index contributed by atoms with van der Waals surface area (Å²) in [6.07, 6.45) is 6.88. The molecular weight excluding hydrogens is 366 g/mol. The number of hydrogen-bond donors (Lipinski definition) is 2. The minimum atomic E-state index is -0.108. The van der Waals surface area contributed by atoms with Crippen LogP contribution in [0.25, 0.3) is 0 Å². The van der Waals surface area contributed by atoms with Crippen molar-refractivity contribution in [2.24, 2.45) is 5.92 Å². The van der Waals surface area contributed by atoms with Crippen LogP contribution in [0, 0.1) is 5.92 Å². The predicted molar refractivity (Wildman–Crippen MR) is 116 cm³/mol. The van der Waals surface area contributed by atoms with Gasteiger partial charge < -0.3 is 25.2 Å². The summed E-state index contributed by atoms with van der Waals surface area (Å²) in [5.41, 5.74) is 1.00. The number of unbranched alkanes of at least 4 members (excludes halogenated alkanes) is 1. The molecule has 2 aliphatic rings. The normalized spacial score (nSPS) is 21.2. The molecule has 0 spiro atoms. The van der Waals surface area contributed by atoms with E-state index in [0.29, 0.717) is 6.54 Å². The lowest BCUT2D eigenvalue weighted by atomic mass is 9.99. The maximum absolute atomic E-state index is 12.0. The second kappa shape index (κ2) is 11.4. The van der Waals surface area contributed by atoms with E-state index in [0.717, 1.165) is 62.9 Å². The number of pyridine rings is 1. The average Bonchev–Trinajstić information content (AvgIpc) is 2.74. The number of amides is 2. The molecule has 1 unspecified atom stereocenters. The van der Waals surface area contributed by atoms with Crippen LogP contribution in [-0.2, 0) is 11.3 Å². The summed E-state index contributed by atoms with van der Waals surface area (Å²) in [4.78, 5) is 21.3. The van der Waals surface area contributed by atoms with Gasteiger partial charge in [0.15, 0.2) is 0 Å². The molecule has 3 rings (SSSR count). The molecule has 2 amide bonds. The first-order chi connectivity index (χ1) is 14.1. The third-order valence-corrected chi connectivity index (χ3v) is 5.89. The number of ether oxygens (including phenoxy) is 1. The number of hydrogen-bond acceptors (Lipinski definition) is 5. The quantitative estimate of drug-likeness (QED) is 0.653. The summed E-state index contributed by atoms with van der Waals surface area (Å²) in [6.45, 7) is 11.7. The zero-order valence-electron chi connectivity index (χ0n) is 18.0. The molecule has 2 aliphatic heterocycles. The van der Waals surface area contributed by atoms with Crippen molar-refractivity contribution >= 4 is 11.8 Å². The molecule has 0 aromatic carbocycles. The van der Waals surface area contributed by atoms with Gasteiger partial charge in [0.25, 0.3) is 0 Å². The molecule has 7 nitrogen and oxygen atoms in total. The third kappa shape index (κ3) is 7.48. The summed E-state index contributed by atoms with van der Waals surface area (Å²) >= 11 is 0. The van der Waals surface area contributed by atoms with E-state index >= 15 is 0 Å². The minimum Gasteiger partial charge on any atom is -0.375 e. The summed E-state index contributed by atoms with van der Waals surface area (Å²) in [7, 11) is 0. The highest BCUT2D eigenvalue weighted by atomic mass is 16.5. The van der Waals surface area contributed by atoms with Crippen LogP contribution in [-0.4, -0.2) is 67.9 Å². The molecule has 0 bridgehead atoms. The summed E-state index contributed by atoms with van der Waals surface area (Å²) in [5, 5.41) is 5.87. The number of rotatable bonds is 8. The average molecular weight is 404 g/mol. The lowest BCUT2D eigenvalue weighted by Gasteiger charge is -2.32. The molecule has 29 heavy (non-hydrogen) atoms. The molecule has 2 fully saturated rings. The predicted octanol–water partition coefficient (Wildman–Crippen LogP) is 2.62. The Hall–Kier alpha value is -1.86. The van der Waals surface area contributed by atoms with Gasteiger partial charge in [0, 0.05) is 32.4 Å². The van der Waals surface area contributed by atoms with Crippen molar-refractivity contribution in [1.82, 2.24) is 20.5 Å². The Morgan fingerprint density at radius 3 is 2.72 bits per heavy atom. The van der Waals surface area contributed by atoms with Crippen molar-refractivity contribution in [2.75, 3.05) is 50.8 Å². The van der Waals surface area contributed by atoms with Gasteiger partial charge in [-0.3, -0.25) is 0 Å². The second-order valence-electron chi connectivity index (χ2n) is 8.49. The fourth-order valence-electron chi connectivity index (χ4n) is 3.93. The van der Waals surface area contributed by atoms with Gasteiger partial charge in [0.1, 0.15) is 5.82 Å². The topological polar surface area (TPSA) is 69.7 Å². The van der Waals surface area contributed by atoms with E-state index in [2.05, 4.69) is 39.3 Å². The Morgan fingerprint density at radius 1 is 1.17 bits per heavy atom. The lowest BCUT2D eigenvalue weighted by molar-refractivity contribution is 0.0529. The Bertz CT molecular complexity index is 616. The summed E-state index contributed by atoms with van der Waals surface area (Å²) in [6, 6.07) is 3.94. The molecule has 1 aromatic heterocycles. The van der Waals surface area contributed by atoms with Gasteiger partial charge in [-0.2, -0.15) is 0 Å². The number of carbonyl (C=O) groups is 1. The number of aromatic nitrogens is 1. The molecule has 2 N–H and O–H groups in total. The Kier molecular flexibility index (Phi) is 8.55. The molecule has 0 saturated carbocycles. The monoisotopic (exact) mass is 403 g/mol. The molecule has 1 aromatic rings. The fraction of sp³-hybridized carbons (Fsp3) is 0.727. The zero-order chi connectivity index (χ0) is 20.5. The second-order valence-corrected chi connectivity index (χ2v) is 8.49. The van der Waals surface area contributed by atoms with Gasteiger partial charge in [-0.05, 0) is 69.8 Å². The fourth-order valence-corrected chi connectivity index (χ4v) is 3.93. The van der Waals surface area contributed by atoms with E-state index in [1.807, 2.05) is 18.3 Å². The number of carbonyl (C=O) groups excluding carboxylic acids is 1. The van der Waals surface area contributed by atoms with E-state index in [1.54, 1.807) is 0 Å². The number of urea groups is 1. The minimum absolute atomic E-state index is 0.108. The maximum atomic E-state index is 12.0. The Balaban J connectivity index is 1.26. The molecule has 7 heteroatoms. The first-order valence-corrected chi connectivity index (χ1v) is 11.2. The maximum Gasteiger partial charge on any atom is 0.315 e.